The molecular formula is C30H27Cl2FN4O4S. The van der Waals surface area contributed by atoms with Crippen LogP contribution in [0.5, 0.6) is 0 Å². The smallest absolute Gasteiger partial charge is 0.251 e. The molecule has 1 aliphatic heterocycles. The SMILES string of the molecule is O=C(NCc1ccc(=O)[nH]c1)c1cc(F)cc(NS(=O)(=O)CC2CN(C(c3ccc(Cl)cc3)c3ccc(Cl)cc3)C2)c1. The Bertz CT molecular complexity index is 1680. The molecule has 0 aliphatic carbocycles. The van der Waals surface area contributed by atoms with Crippen LogP contribution in [0.1, 0.15) is 33.1 Å². The van der Waals surface area contributed by atoms with Crippen LogP contribution in [0.2, 0.25) is 10.0 Å². The molecule has 42 heavy (non-hydrogen) atoms. The second-order valence-electron chi connectivity index (χ2n) is 10.2. The Morgan fingerprint density at radius 1 is 0.952 bits per heavy atom. The van der Waals surface area contributed by atoms with Crippen molar-refractivity contribution in [3.8, 4) is 0 Å². The number of benzene rings is 3. The fourth-order valence-corrected chi connectivity index (χ4v) is 6.62. The van der Waals surface area contributed by atoms with Crippen molar-refractivity contribution < 1.29 is 17.6 Å². The van der Waals surface area contributed by atoms with Crippen molar-refractivity contribution in [2.45, 2.75) is 12.6 Å². The molecule has 2 heterocycles. The van der Waals surface area contributed by atoms with Crippen molar-refractivity contribution >= 4 is 44.8 Å². The molecule has 3 N–H and O–H groups in total. The van der Waals surface area contributed by atoms with Gasteiger partial charge in [0.25, 0.3) is 5.91 Å². The van der Waals surface area contributed by atoms with E-state index in [1.54, 1.807) is 6.07 Å². The number of nitrogens with one attached hydrogen (secondary N) is 3. The number of likely N-dealkylation sites (tertiary alicyclic amines) is 1. The van der Waals surface area contributed by atoms with E-state index in [9.17, 15) is 22.4 Å². The number of halogens is 3. The second-order valence-corrected chi connectivity index (χ2v) is 12.8. The number of rotatable bonds is 10. The molecule has 8 nitrogen and oxygen atoms in total. The normalized spacial score (nSPS) is 14.0. The number of nitrogens with zero attached hydrogens (tertiary/aromatic N) is 1. The lowest BCUT2D eigenvalue weighted by Gasteiger charge is -2.44. The van der Waals surface area contributed by atoms with Gasteiger partial charge in [0.1, 0.15) is 5.82 Å². The Morgan fingerprint density at radius 3 is 2.14 bits per heavy atom. The van der Waals surface area contributed by atoms with Crippen LogP contribution in [-0.4, -0.2) is 43.1 Å². The van der Waals surface area contributed by atoms with Crippen LogP contribution in [0, 0.1) is 11.7 Å². The lowest BCUT2D eigenvalue weighted by molar-refractivity contribution is 0.0813. The van der Waals surface area contributed by atoms with Gasteiger partial charge in [-0.3, -0.25) is 19.2 Å². The van der Waals surface area contributed by atoms with Crippen molar-refractivity contribution in [3.05, 3.63) is 134 Å². The number of amides is 1. The summed E-state index contributed by atoms with van der Waals surface area (Å²) >= 11 is 12.2. The van der Waals surface area contributed by atoms with Crippen LogP contribution in [-0.2, 0) is 16.6 Å². The summed E-state index contributed by atoms with van der Waals surface area (Å²) < 4.78 is 42.8. The van der Waals surface area contributed by atoms with E-state index in [1.165, 1.54) is 18.3 Å². The van der Waals surface area contributed by atoms with E-state index in [0.29, 0.717) is 28.7 Å². The molecule has 1 fully saturated rings. The first-order valence-electron chi connectivity index (χ1n) is 13.1. The predicted octanol–water partition coefficient (Wildman–Crippen LogP) is 5.21. The van der Waals surface area contributed by atoms with Crippen LogP contribution in [0.4, 0.5) is 10.1 Å². The Morgan fingerprint density at radius 2 is 1.57 bits per heavy atom. The van der Waals surface area contributed by atoms with E-state index in [-0.39, 0.29) is 41.1 Å². The summed E-state index contributed by atoms with van der Waals surface area (Å²) in [7, 11) is -3.85. The number of hydrogen-bond donors (Lipinski definition) is 3. The fourth-order valence-electron chi connectivity index (χ4n) is 4.98. The molecule has 218 valence electrons. The van der Waals surface area contributed by atoms with Crippen LogP contribution >= 0.6 is 23.2 Å². The Kier molecular flexibility index (Phi) is 8.98. The first-order valence-corrected chi connectivity index (χ1v) is 15.5. The molecule has 12 heteroatoms. The highest BCUT2D eigenvalue weighted by Crippen LogP contribution is 2.36. The molecular weight excluding hydrogens is 602 g/mol. The number of carbonyl (C=O) groups excluding carboxylic acids is 1. The highest BCUT2D eigenvalue weighted by molar-refractivity contribution is 7.92. The van der Waals surface area contributed by atoms with Gasteiger partial charge < -0.3 is 10.3 Å². The van der Waals surface area contributed by atoms with Crippen molar-refractivity contribution in [3.63, 3.8) is 0 Å². The first kappa shape index (κ1) is 29.8. The lowest BCUT2D eigenvalue weighted by Crippen LogP contribution is -2.51. The number of hydrogen-bond acceptors (Lipinski definition) is 5. The summed E-state index contributed by atoms with van der Waals surface area (Å²) in [6, 6.07) is 21.2. The Labute approximate surface area is 252 Å². The zero-order valence-corrected chi connectivity index (χ0v) is 24.5. The molecule has 1 aromatic heterocycles. The monoisotopic (exact) mass is 628 g/mol. The number of aromatic amines is 1. The van der Waals surface area contributed by atoms with E-state index in [0.717, 1.165) is 23.3 Å². The first-order chi connectivity index (χ1) is 20.0. The maximum atomic E-state index is 14.3. The van der Waals surface area contributed by atoms with Gasteiger partial charge in [-0.25, -0.2) is 12.8 Å². The van der Waals surface area contributed by atoms with Gasteiger partial charge in [0.15, 0.2) is 0 Å². The van der Waals surface area contributed by atoms with Gasteiger partial charge in [0.05, 0.1) is 17.5 Å². The summed E-state index contributed by atoms with van der Waals surface area (Å²) in [6.45, 7) is 1.15. The fraction of sp³-hybridized carbons (Fsp3) is 0.200. The summed E-state index contributed by atoms with van der Waals surface area (Å²) in [5.74, 6) is -1.67. The standard InChI is InChI=1S/C30H27Cl2FN4O4S/c31-24-6-2-21(3-7-24)29(22-4-8-25(32)9-5-22)37-16-20(17-37)18-42(40,41)36-27-12-23(11-26(33)13-27)30(39)35-15-19-1-10-28(38)34-14-19/h1-14,20,29,36H,15-18H2,(H,34,38)(H,35,39). The van der Waals surface area contributed by atoms with Crippen LogP contribution in [0.3, 0.4) is 0 Å². The average molecular weight is 630 g/mol. The third-order valence-corrected chi connectivity index (χ3v) is 8.87. The molecule has 3 aromatic carbocycles. The van der Waals surface area contributed by atoms with Gasteiger partial charge in [0, 0.05) is 53.4 Å². The molecule has 0 radical (unpaired) electrons. The maximum absolute atomic E-state index is 14.3. The number of anilines is 1. The molecule has 1 aliphatic rings. The third-order valence-electron chi connectivity index (χ3n) is 6.91. The second kappa shape index (κ2) is 12.7. The molecule has 1 saturated heterocycles. The van der Waals surface area contributed by atoms with Gasteiger partial charge >= 0.3 is 0 Å². The van der Waals surface area contributed by atoms with Crippen LogP contribution in [0.25, 0.3) is 0 Å². The van der Waals surface area contributed by atoms with Gasteiger partial charge in [-0.05, 0) is 59.2 Å². The number of aromatic nitrogens is 1. The Balaban J connectivity index is 1.22. The maximum Gasteiger partial charge on any atom is 0.251 e. The van der Waals surface area contributed by atoms with Gasteiger partial charge in [0.2, 0.25) is 15.6 Å². The molecule has 0 atom stereocenters. The van der Waals surface area contributed by atoms with Crippen molar-refractivity contribution in [2.75, 3.05) is 23.6 Å². The zero-order chi connectivity index (χ0) is 29.9. The summed E-state index contributed by atoms with van der Waals surface area (Å²) in [5.41, 5.74) is 2.33. The Hall–Kier alpha value is -3.70. The minimum atomic E-state index is -3.85. The third kappa shape index (κ3) is 7.57. The molecule has 0 bridgehead atoms. The zero-order valence-electron chi connectivity index (χ0n) is 22.2. The molecule has 1 amide bonds. The van der Waals surface area contributed by atoms with E-state index < -0.39 is 21.7 Å². The van der Waals surface area contributed by atoms with E-state index in [4.69, 9.17) is 23.2 Å². The van der Waals surface area contributed by atoms with E-state index >= 15 is 0 Å². The van der Waals surface area contributed by atoms with Crippen LogP contribution in [0.15, 0.2) is 89.9 Å². The molecule has 4 aromatic rings. The van der Waals surface area contributed by atoms with Crippen molar-refractivity contribution in [1.82, 2.24) is 15.2 Å². The van der Waals surface area contributed by atoms with E-state index in [2.05, 4.69) is 19.9 Å². The highest BCUT2D eigenvalue weighted by atomic mass is 35.5. The summed E-state index contributed by atoms with van der Waals surface area (Å²) in [5, 5.41) is 3.87. The highest BCUT2D eigenvalue weighted by Gasteiger charge is 2.36. The molecule has 0 unspecified atom stereocenters. The summed E-state index contributed by atoms with van der Waals surface area (Å²) in [6.07, 6.45) is 1.46. The largest absolute Gasteiger partial charge is 0.348 e. The number of carbonyl (C=O) groups is 1. The summed E-state index contributed by atoms with van der Waals surface area (Å²) in [4.78, 5) is 28.5. The minimum absolute atomic E-state index is 0.0410. The van der Waals surface area contributed by atoms with Crippen molar-refractivity contribution in [1.29, 1.82) is 0 Å². The van der Waals surface area contributed by atoms with Gasteiger partial charge in [-0.1, -0.05) is 53.5 Å². The average Bonchev–Trinajstić information content (AvgIpc) is 2.92. The van der Waals surface area contributed by atoms with Gasteiger partial charge in [-0.2, -0.15) is 0 Å². The molecule has 5 rings (SSSR count). The molecule has 0 saturated carbocycles. The number of sulfonamides is 1. The topological polar surface area (TPSA) is 111 Å². The number of H-pyrrole nitrogens is 1. The van der Waals surface area contributed by atoms with Crippen molar-refractivity contribution in [2.24, 2.45) is 5.92 Å². The lowest BCUT2D eigenvalue weighted by atomic mass is 9.91. The van der Waals surface area contributed by atoms with Gasteiger partial charge in [-0.15, -0.1) is 0 Å². The van der Waals surface area contributed by atoms with E-state index in [1.807, 2.05) is 48.5 Å². The predicted molar refractivity (Wildman–Crippen MR) is 162 cm³/mol. The van der Waals surface area contributed by atoms with Crippen LogP contribution < -0.4 is 15.6 Å². The quantitative estimate of drug-likeness (QED) is 0.223. The molecule has 0 spiro atoms. The minimum Gasteiger partial charge on any atom is -0.348 e. The number of pyridine rings is 1.